The van der Waals surface area contributed by atoms with E-state index in [2.05, 4.69) is 23.6 Å². The standard InChI is InChI=1S/C36H45N3O9/c1-4-6-18-37(19-7-5-2)33(40)22-38-21-30(27-12-17-31-32(20-27)46-24-45-31)34(35(38)26-10-15-28(44-3)16-11-26)36(41)48-29-13-8-25(9-14-29)23-47-39(42)43/h8-17,20,30,34-35,42-43H,4-7,18-19,21-24H2,1-3H3/t30?,34-,35?/m1/s1. The number of nitrogens with zero attached hydrogens (tertiary/aromatic N) is 3. The molecule has 1 fully saturated rings. The first-order valence-electron chi connectivity index (χ1n) is 16.5. The predicted molar refractivity (Wildman–Crippen MR) is 175 cm³/mol. The van der Waals surface area contributed by atoms with E-state index in [1.165, 1.54) is 0 Å². The van der Waals surface area contributed by atoms with Crippen LogP contribution in [0.25, 0.3) is 0 Å². The number of ether oxygens (including phenoxy) is 4. The number of amides is 1. The van der Waals surface area contributed by atoms with Crippen molar-refractivity contribution in [3.63, 3.8) is 0 Å². The van der Waals surface area contributed by atoms with Gasteiger partial charge < -0.3 is 23.8 Å². The molecule has 2 aliphatic heterocycles. The van der Waals surface area contributed by atoms with Crippen LogP contribution in [0.1, 0.15) is 68.2 Å². The molecule has 2 heterocycles. The summed E-state index contributed by atoms with van der Waals surface area (Å²) in [6.45, 7) is 6.26. The van der Waals surface area contributed by atoms with Crippen molar-refractivity contribution in [2.75, 3.05) is 40.1 Å². The minimum Gasteiger partial charge on any atom is -0.497 e. The molecule has 12 nitrogen and oxygen atoms in total. The highest BCUT2D eigenvalue weighted by Crippen LogP contribution is 2.48. The summed E-state index contributed by atoms with van der Waals surface area (Å²) in [4.78, 5) is 37.1. The minimum atomic E-state index is -0.688. The molecule has 3 aromatic carbocycles. The maximum Gasteiger partial charge on any atom is 0.316 e. The van der Waals surface area contributed by atoms with Gasteiger partial charge >= 0.3 is 5.97 Å². The molecule has 0 spiro atoms. The van der Waals surface area contributed by atoms with E-state index in [1.807, 2.05) is 47.4 Å². The summed E-state index contributed by atoms with van der Waals surface area (Å²) < 4.78 is 22.7. The first kappa shape index (κ1) is 35.1. The lowest BCUT2D eigenvalue weighted by Crippen LogP contribution is -2.42. The molecule has 0 radical (unpaired) electrons. The molecule has 48 heavy (non-hydrogen) atoms. The van der Waals surface area contributed by atoms with Crippen LogP contribution in [0.2, 0.25) is 0 Å². The van der Waals surface area contributed by atoms with Crippen LogP contribution in [-0.4, -0.2) is 77.6 Å². The predicted octanol–water partition coefficient (Wildman–Crippen LogP) is 5.73. The molecule has 3 atom stereocenters. The number of carbonyl (C=O) groups excluding carboxylic acids is 2. The van der Waals surface area contributed by atoms with E-state index in [-0.39, 0.29) is 37.2 Å². The molecule has 1 amide bonds. The van der Waals surface area contributed by atoms with Crippen LogP contribution in [-0.2, 0) is 21.0 Å². The molecule has 258 valence electrons. The average molecular weight is 664 g/mol. The summed E-state index contributed by atoms with van der Waals surface area (Å²) in [7, 11) is 1.60. The summed E-state index contributed by atoms with van der Waals surface area (Å²) in [5, 5.41) is 17.4. The quantitative estimate of drug-likeness (QED) is 0.111. The van der Waals surface area contributed by atoms with Gasteiger partial charge in [-0.05, 0) is 65.9 Å². The van der Waals surface area contributed by atoms with Gasteiger partial charge in [0.15, 0.2) is 11.5 Å². The minimum absolute atomic E-state index is 0.0380. The van der Waals surface area contributed by atoms with Crippen LogP contribution in [0.3, 0.4) is 0 Å². The molecule has 0 aliphatic carbocycles. The first-order valence-corrected chi connectivity index (χ1v) is 16.5. The van der Waals surface area contributed by atoms with Crippen LogP contribution in [0, 0.1) is 5.92 Å². The Balaban J connectivity index is 1.50. The van der Waals surface area contributed by atoms with E-state index in [9.17, 15) is 9.59 Å². The van der Waals surface area contributed by atoms with Crippen LogP contribution in [0.4, 0.5) is 0 Å². The molecule has 0 aromatic heterocycles. The zero-order chi connectivity index (χ0) is 34.0. The number of likely N-dealkylation sites (tertiary alicyclic amines) is 1. The number of benzene rings is 3. The number of rotatable bonds is 16. The highest BCUT2D eigenvalue weighted by atomic mass is 17.1. The first-order chi connectivity index (χ1) is 23.3. The van der Waals surface area contributed by atoms with Crippen molar-refractivity contribution in [2.24, 2.45) is 5.92 Å². The average Bonchev–Trinajstić information content (AvgIpc) is 3.72. The maximum absolute atomic E-state index is 14.4. The maximum atomic E-state index is 14.4. The van der Waals surface area contributed by atoms with Crippen molar-refractivity contribution in [3.8, 4) is 23.0 Å². The Morgan fingerprint density at radius 3 is 2.17 bits per heavy atom. The number of hydrogen-bond donors (Lipinski definition) is 2. The van der Waals surface area contributed by atoms with Gasteiger partial charge in [0.05, 0.1) is 31.6 Å². The molecule has 12 heteroatoms. The van der Waals surface area contributed by atoms with Crippen LogP contribution in [0.15, 0.2) is 66.7 Å². The number of carbonyl (C=O) groups is 2. The number of unbranched alkanes of at least 4 members (excludes halogenated alkanes) is 2. The molecule has 3 aromatic rings. The van der Waals surface area contributed by atoms with Crippen LogP contribution < -0.4 is 18.9 Å². The highest BCUT2D eigenvalue weighted by molar-refractivity contribution is 5.80. The third kappa shape index (κ3) is 8.63. The zero-order valence-electron chi connectivity index (χ0n) is 27.7. The fourth-order valence-corrected chi connectivity index (χ4v) is 6.36. The van der Waals surface area contributed by atoms with Gasteiger partial charge in [-0.15, -0.1) is 0 Å². The van der Waals surface area contributed by atoms with Crippen molar-refractivity contribution in [1.82, 2.24) is 15.2 Å². The summed E-state index contributed by atoms with van der Waals surface area (Å²) >= 11 is 0. The second-order valence-corrected chi connectivity index (χ2v) is 12.1. The van der Waals surface area contributed by atoms with E-state index < -0.39 is 17.9 Å². The van der Waals surface area contributed by atoms with Crippen molar-refractivity contribution < 1.29 is 43.8 Å². The summed E-state index contributed by atoms with van der Waals surface area (Å²) in [6.07, 6.45) is 3.83. The van der Waals surface area contributed by atoms with Crippen molar-refractivity contribution >= 4 is 11.9 Å². The van der Waals surface area contributed by atoms with Crippen LogP contribution in [0.5, 0.6) is 23.0 Å². The molecule has 5 rings (SSSR count). The third-order valence-electron chi connectivity index (χ3n) is 8.90. The molecule has 2 unspecified atom stereocenters. The molecule has 2 aliphatic rings. The summed E-state index contributed by atoms with van der Waals surface area (Å²) in [6, 6.07) is 19.4. The van der Waals surface area contributed by atoms with E-state index in [0.29, 0.717) is 48.2 Å². The summed E-state index contributed by atoms with van der Waals surface area (Å²) in [5.41, 5.74) is 2.39. The number of hydrogen-bond acceptors (Lipinski definition) is 11. The Labute approximate surface area is 281 Å². The second kappa shape index (κ2) is 16.8. The Morgan fingerprint density at radius 1 is 0.875 bits per heavy atom. The Kier molecular flexibility index (Phi) is 12.3. The van der Waals surface area contributed by atoms with E-state index in [0.717, 1.165) is 36.8 Å². The molecule has 2 N–H and O–H groups in total. The van der Waals surface area contributed by atoms with E-state index in [4.69, 9.17) is 29.4 Å². The van der Waals surface area contributed by atoms with Crippen LogP contribution >= 0.6 is 0 Å². The number of esters is 1. The lowest BCUT2D eigenvalue weighted by atomic mass is 9.82. The SMILES string of the molecule is CCCCN(CCCC)C(=O)CN1CC(c2ccc3c(c2)OCO3)[C@@H](C(=O)Oc2ccc(CON(O)O)cc2)C1c1ccc(OC)cc1. The molecule has 0 saturated carbocycles. The fraction of sp³-hybridized carbons (Fsp3) is 0.444. The molecular formula is C36H45N3O9. The van der Waals surface area contributed by atoms with Gasteiger partial charge in [0.25, 0.3) is 0 Å². The van der Waals surface area contributed by atoms with Gasteiger partial charge in [0.1, 0.15) is 11.5 Å². The van der Waals surface area contributed by atoms with Crippen molar-refractivity contribution in [2.45, 2.75) is 58.1 Å². The van der Waals surface area contributed by atoms with Gasteiger partial charge in [-0.1, -0.05) is 57.0 Å². The normalized spacial score (nSPS) is 18.7. The lowest BCUT2D eigenvalue weighted by molar-refractivity contribution is -0.497. The largest absolute Gasteiger partial charge is 0.497 e. The Bertz CT molecular complexity index is 1490. The van der Waals surface area contributed by atoms with Gasteiger partial charge in [0.2, 0.25) is 12.7 Å². The second-order valence-electron chi connectivity index (χ2n) is 12.1. The van der Waals surface area contributed by atoms with E-state index in [1.54, 1.807) is 31.4 Å². The molecule has 1 saturated heterocycles. The fourth-order valence-electron chi connectivity index (χ4n) is 6.36. The number of methoxy groups -OCH3 is 1. The van der Waals surface area contributed by atoms with Crippen molar-refractivity contribution in [3.05, 3.63) is 83.4 Å². The third-order valence-corrected chi connectivity index (χ3v) is 8.90. The number of fused-ring (bicyclic) bond motifs is 1. The van der Waals surface area contributed by atoms with Gasteiger partial charge in [-0.3, -0.25) is 24.9 Å². The van der Waals surface area contributed by atoms with Gasteiger partial charge in [-0.25, -0.2) is 4.84 Å². The van der Waals surface area contributed by atoms with E-state index >= 15 is 0 Å². The Hall–Kier alpha value is -4.20. The monoisotopic (exact) mass is 663 g/mol. The Morgan fingerprint density at radius 2 is 1.52 bits per heavy atom. The molecular weight excluding hydrogens is 618 g/mol. The lowest BCUT2D eigenvalue weighted by Gasteiger charge is -2.30. The highest BCUT2D eigenvalue weighted by Gasteiger charge is 2.49. The molecule has 0 bridgehead atoms. The smallest absolute Gasteiger partial charge is 0.316 e. The van der Waals surface area contributed by atoms with Gasteiger partial charge in [-0.2, -0.15) is 0 Å². The zero-order valence-corrected chi connectivity index (χ0v) is 27.7. The summed E-state index contributed by atoms with van der Waals surface area (Å²) in [5.74, 6) is 0.844. The van der Waals surface area contributed by atoms with Gasteiger partial charge in [0, 0.05) is 31.6 Å². The topological polar surface area (TPSA) is 130 Å². The van der Waals surface area contributed by atoms with Crippen molar-refractivity contribution in [1.29, 1.82) is 0 Å².